The number of rotatable bonds is 4. The molecule has 14 heavy (non-hydrogen) atoms. The monoisotopic (exact) mass is 195 g/mol. The Labute approximate surface area is 85.2 Å². The highest BCUT2D eigenvalue weighted by Crippen LogP contribution is 2.31. The highest BCUT2D eigenvalue weighted by Gasteiger charge is 2.07. The van der Waals surface area contributed by atoms with Crippen molar-refractivity contribution in [1.82, 2.24) is 0 Å². The third-order valence-corrected chi connectivity index (χ3v) is 2.27. The second kappa shape index (κ2) is 4.74. The smallest absolute Gasteiger partial charge is 0.142 e. The number of hydrogen-bond acceptors (Lipinski definition) is 3. The summed E-state index contributed by atoms with van der Waals surface area (Å²) >= 11 is 0. The van der Waals surface area contributed by atoms with E-state index < -0.39 is 0 Å². The van der Waals surface area contributed by atoms with Gasteiger partial charge in [0.2, 0.25) is 0 Å². The van der Waals surface area contributed by atoms with Gasteiger partial charge in [-0.25, -0.2) is 0 Å². The van der Waals surface area contributed by atoms with E-state index in [1.54, 1.807) is 14.2 Å². The summed E-state index contributed by atoms with van der Waals surface area (Å²) in [6, 6.07) is 5.79. The maximum Gasteiger partial charge on any atom is 0.142 e. The molecule has 0 aliphatic carbocycles. The van der Waals surface area contributed by atoms with Crippen LogP contribution in [-0.2, 0) is 0 Å². The summed E-state index contributed by atoms with van der Waals surface area (Å²) in [5.41, 5.74) is 1.05. The van der Waals surface area contributed by atoms with Gasteiger partial charge in [-0.15, -0.1) is 0 Å². The molecule has 0 amide bonds. The van der Waals surface area contributed by atoms with Gasteiger partial charge in [-0.1, -0.05) is 0 Å². The van der Waals surface area contributed by atoms with Crippen LogP contribution in [0.2, 0.25) is 0 Å². The van der Waals surface area contributed by atoms with E-state index in [-0.39, 0.29) is 0 Å². The minimum Gasteiger partial charge on any atom is -0.497 e. The Kier molecular flexibility index (Phi) is 3.63. The molecule has 0 bridgehead atoms. The van der Waals surface area contributed by atoms with Crippen LogP contribution in [0.3, 0.4) is 0 Å². The highest BCUT2D eigenvalue weighted by atomic mass is 16.5. The van der Waals surface area contributed by atoms with Gasteiger partial charge in [-0.2, -0.15) is 0 Å². The van der Waals surface area contributed by atoms with Gasteiger partial charge in [-0.05, 0) is 19.1 Å². The van der Waals surface area contributed by atoms with Crippen molar-refractivity contribution in [3.63, 3.8) is 0 Å². The van der Waals surface area contributed by atoms with E-state index in [0.717, 1.165) is 23.7 Å². The fourth-order valence-corrected chi connectivity index (χ4v) is 1.27. The minimum absolute atomic E-state index is 0.848. The van der Waals surface area contributed by atoms with Gasteiger partial charge in [0, 0.05) is 19.7 Å². The Hall–Kier alpha value is -1.38. The Morgan fingerprint density at radius 2 is 1.93 bits per heavy atom. The average molecular weight is 195 g/mol. The average Bonchev–Trinajstić information content (AvgIpc) is 2.27. The molecule has 1 aromatic carbocycles. The Morgan fingerprint density at radius 3 is 2.43 bits per heavy atom. The zero-order valence-corrected chi connectivity index (χ0v) is 9.20. The molecule has 3 heteroatoms. The molecule has 0 radical (unpaired) electrons. The Balaban J connectivity index is 3.08. The SMILES string of the molecule is CCN(C)c1cc(OC)ccc1OC. The topological polar surface area (TPSA) is 21.7 Å². The van der Waals surface area contributed by atoms with E-state index in [0.29, 0.717) is 0 Å². The fourth-order valence-electron chi connectivity index (χ4n) is 1.27. The molecule has 0 heterocycles. The molecule has 78 valence electrons. The summed E-state index contributed by atoms with van der Waals surface area (Å²) in [4.78, 5) is 2.11. The van der Waals surface area contributed by atoms with Gasteiger partial charge in [0.25, 0.3) is 0 Å². The van der Waals surface area contributed by atoms with Gasteiger partial charge in [0.15, 0.2) is 0 Å². The lowest BCUT2D eigenvalue weighted by molar-refractivity contribution is 0.403. The van der Waals surface area contributed by atoms with Crippen LogP contribution in [0.15, 0.2) is 18.2 Å². The van der Waals surface area contributed by atoms with E-state index in [4.69, 9.17) is 9.47 Å². The standard InChI is InChI=1S/C11H17NO2/c1-5-12(2)10-8-9(13-3)6-7-11(10)14-4/h6-8H,5H2,1-4H3. The van der Waals surface area contributed by atoms with Gasteiger partial charge < -0.3 is 14.4 Å². The lowest BCUT2D eigenvalue weighted by Crippen LogP contribution is -2.16. The molecule has 0 N–H and O–H groups in total. The molecule has 0 unspecified atom stereocenters. The molecule has 0 aliphatic heterocycles. The number of methoxy groups -OCH3 is 2. The lowest BCUT2D eigenvalue weighted by Gasteiger charge is -2.20. The van der Waals surface area contributed by atoms with Crippen molar-refractivity contribution in [3.8, 4) is 11.5 Å². The second-order valence-electron chi connectivity index (χ2n) is 3.05. The van der Waals surface area contributed by atoms with Crippen molar-refractivity contribution in [2.75, 3.05) is 32.7 Å². The van der Waals surface area contributed by atoms with Gasteiger partial charge in [0.05, 0.1) is 19.9 Å². The fraction of sp³-hybridized carbons (Fsp3) is 0.455. The molecule has 0 fully saturated rings. The number of nitrogens with zero attached hydrogens (tertiary/aromatic N) is 1. The number of benzene rings is 1. The van der Waals surface area contributed by atoms with Crippen LogP contribution in [0, 0.1) is 0 Å². The maximum absolute atomic E-state index is 5.27. The first-order valence-electron chi connectivity index (χ1n) is 4.66. The quantitative estimate of drug-likeness (QED) is 0.735. The molecular formula is C11H17NO2. The summed E-state index contributed by atoms with van der Waals surface area (Å²) in [6.45, 7) is 3.03. The largest absolute Gasteiger partial charge is 0.497 e. The first kappa shape index (κ1) is 10.7. The second-order valence-corrected chi connectivity index (χ2v) is 3.05. The van der Waals surface area contributed by atoms with Gasteiger partial charge >= 0.3 is 0 Å². The zero-order valence-electron chi connectivity index (χ0n) is 9.20. The zero-order chi connectivity index (χ0) is 10.6. The van der Waals surface area contributed by atoms with Crippen molar-refractivity contribution >= 4 is 5.69 Å². The normalized spacial score (nSPS) is 9.71. The van der Waals surface area contributed by atoms with Crippen LogP contribution in [0.4, 0.5) is 5.69 Å². The van der Waals surface area contributed by atoms with Crippen LogP contribution in [0.25, 0.3) is 0 Å². The predicted molar refractivity (Wildman–Crippen MR) is 58.5 cm³/mol. The number of anilines is 1. The molecule has 0 aromatic heterocycles. The summed E-state index contributed by atoms with van der Waals surface area (Å²) in [5, 5.41) is 0. The van der Waals surface area contributed by atoms with Crippen molar-refractivity contribution in [1.29, 1.82) is 0 Å². The van der Waals surface area contributed by atoms with Crippen molar-refractivity contribution in [2.24, 2.45) is 0 Å². The molecule has 3 nitrogen and oxygen atoms in total. The molecule has 0 spiro atoms. The Morgan fingerprint density at radius 1 is 1.21 bits per heavy atom. The molecule has 0 saturated heterocycles. The van der Waals surface area contributed by atoms with Crippen molar-refractivity contribution in [3.05, 3.63) is 18.2 Å². The summed E-state index contributed by atoms with van der Waals surface area (Å²) in [6.07, 6.45) is 0. The molecule has 0 atom stereocenters. The molecule has 0 saturated carbocycles. The summed E-state index contributed by atoms with van der Waals surface area (Å²) in [5.74, 6) is 1.72. The number of ether oxygens (including phenoxy) is 2. The van der Waals surface area contributed by atoms with Crippen LogP contribution in [0.1, 0.15) is 6.92 Å². The first-order chi connectivity index (χ1) is 6.72. The molecule has 1 aromatic rings. The van der Waals surface area contributed by atoms with Crippen LogP contribution in [-0.4, -0.2) is 27.8 Å². The van der Waals surface area contributed by atoms with Gasteiger partial charge in [-0.3, -0.25) is 0 Å². The maximum atomic E-state index is 5.27. The van der Waals surface area contributed by atoms with E-state index >= 15 is 0 Å². The third-order valence-electron chi connectivity index (χ3n) is 2.27. The minimum atomic E-state index is 0.848. The molecule has 0 aliphatic rings. The van der Waals surface area contributed by atoms with E-state index in [9.17, 15) is 0 Å². The third kappa shape index (κ3) is 2.10. The van der Waals surface area contributed by atoms with Crippen LogP contribution >= 0.6 is 0 Å². The number of hydrogen-bond donors (Lipinski definition) is 0. The van der Waals surface area contributed by atoms with Crippen LogP contribution < -0.4 is 14.4 Å². The van der Waals surface area contributed by atoms with Gasteiger partial charge in [0.1, 0.15) is 11.5 Å². The lowest BCUT2D eigenvalue weighted by atomic mass is 10.2. The predicted octanol–water partition coefficient (Wildman–Crippen LogP) is 2.16. The van der Waals surface area contributed by atoms with E-state index in [1.165, 1.54) is 0 Å². The van der Waals surface area contributed by atoms with E-state index in [2.05, 4.69) is 11.8 Å². The summed E-state index contributed by atoms with van der Waals surface area (Å²) < 4.78 is 10.4. The van der Waals surface area contributed by atoms with Crippen LogP contribution in [0.5, 0.6) is 11.5 Å². The highest BCUT2D eigenvalue weighted by molar-refractivity contribution is 5.61. The Bertz CT molecular complexity index is 299. The molecule has 1 rings (SSSR count). The van der Waals surface area contributed by atoms with Crippen molar-refractivity contribution in [2.45, 2.75) is 6.92 Å². The van der Waals surface area contributed by atoms with E-state index in [1.807, 2.05) is 25.2 Å². The summed E-state index contributed by atoms with van der Waals surface area (Å²) in [7, 11) is 5.36. The first-order valence-corrected chi connectivity index (χ1v) is 4.66. The molecular weight excluding hydrogens is 178 g/mol. The van der Waals surface area contributed by atoms with Crippen molar-refractivity contribution < 1.29 is 9.47 Å².